The van der Waals surface area contributed by atoms with Gasteiger partial charge >= 0.3 is 5.97 Å². The zero-order valence-electron chi connectivity index (χ0n) is 33.7. The van der Waals surface area contributed by atoms with Gasteiger partial charge in [-0.3, -0.25) is 19.2 Å². The maximum Gasteiger partial charge on any atom is 0.340 e. The number of esters is 1. The van der Waals surface area contributed by atoms with Crippen LogP contribution >= 0.6 is 0 Å². The number of aromatic nitrogens is 1. The molecule has 2 N–H and O–H groups in total. The number of carbonyl (C=O) groups excluding carboxylic acids is 5. The standard InChI is InChI=1S/C44H60N4O8/c1-6-29(3)39-43(52)47-25-17-16-24-37(47)38(49)27-31(20-12-9-13-21-33(7-2)56-44(53)40(54-4)30-18-10-8-11-19-30)41(50)45-35(42(51)46-39)26-32-28-48(55-5)36-23-15-14-22-34(32)36/h8,10-11,14-15,18-19,22-23,28-29,31,33,35,37,39-40H,6-7,9,12-13,16-17,20-21,24-27H2,1-5H3,(H,45,50)(H,46,51)/t29?,31-,33-,35+,37-,39+,40-/m1/s1. The van der Waals surface area contributed by atoms with E-state index >= 15 is 0 Å². The Morgan fingerprint density at radius 3 is 2.36 bits per heavy atom. The molecule has 3 aromatic rings. The first-order valence-corrected chi connectivity index (χ1v) is 20.5. The van der Waals surface area contributed by atoms with Crippen molar-refractivity contribution >= 4 is 40.4 Å². The topological polar surface area (TPSA) is 145 Å². The van der Waals surface area contributed by atoms with Crippen molar-refractivity contribution in [3.8, 4) is 0 Å². The average molecular weight is 773 g/mol. The second-order valence-electron chi connectivity index (χ2n) is 15.4. The smallest absolute Gasteiger partial charge is 0.340 e. The minimum Gasteiger partial charge on any atom is -0.460 e. The first-order chi connectivity index (χ1) is 27.1. The number of hydrogen-bond donors (Lipinski definition) is 2. The molecule has 7 atom stereocenters. The van der Waals surface area contributed by atoms with E-state index in [-0.39, 0.29) is 42.5 Å². The van der Waals surface area contributed by atoms with Crippen molar-refractivity contribution < 1.29 is 38.3 Å². The Hall–Kier alpha value is -4.71. The summed E-state index contributed by atoms with van der Waals surface area (Å²) >= 11 is 0. The molecule has 2 fully saturated rings. The second kappa shape index (κ2) is 20.5. The van der Waals surface area contributed by atoms with Gasteiger partial charge in [-0.15, -0.1) is 0 Å². The Morgan fingerprint density at radius 1 is 0.893 bits per heavy atom. The van der Waals surface area contributed by atoms with Crippen molar-refractivity contribution in [1.82, 2.24) is 20.3 Å². The van der Waals surface area contributed by atoms with Crippen LogP contribution in [0.3, 0.4) is 0 Å². The number of rotatable bonds is 16. The Labute approximate surface area is 330 Å². The van der Waals surface area contributed by atoms with Gasteiger partial charge in [0.05, 0.1) is 11.6 Å². The van der Waals surface area contributed by atoms with E-state index in [2.05, 4.69) is 10.6 Å². The predicted octanol–water partition coefficient (Wildman–Crippen LogP) is 5.89. The summed E-state index contributed by atoms with van der Waals surface area (Å²) in [4.78, 5) is 77.1. The minimum atomic E-state index is -1.00. The number of para-hydroxylation sites is 1. The van der Waals surface area contributed by atoms with Gasteiger partial charge in [0, 0.05) is 44.0 Å². The number of ketones is 1. The number of ether oxygens (including phenoxy) is 2. The summed E-state index contributed by atoms with van der Waals surface area (Å²) in [5.74, 6) is -2.44. The quantitative estimate of drug-likeness (QED) is 0.136. The number of nitrogens with zero attached hydrogens (tertiary/aromatic N) is 2. The molecule has 1 aromatic heterocycles. The molecule has 2 aliphatic heterocycles. The fourth-order valence-electron chi connectivity index (χ4n) is 8.11. The monoisotopic (exact) mass is 772 g/mol. The highest BCUT2D eigenvalue weighted by Crippen LogP contribution is 2.28. The van der Waals surface area contributed by atoms with Gasteiger partial charge in [-0.2, -0.15) is 4.73 Å². The van der Waals surface area contributed by atoms with E-state index in [9.17, 15) is 24.0 Å². The summed E-state index contributed by atoms with van der Waals surface area (Å²) in [7, 11) is 3.06. The number of amides is 3. The maximum absolute atomic E-state index is 14.3. The van der Waals surface area contributed by atoms with Crippen molar-refractivity contribution in [2.75, 3.05) is 20.8 Å². The molecule has 3 amide bonds. The third-order valence-corrected chi connectivity index (χ3v) is 11.6. The number of carbonyl (C=O) groups is 5. The molecule has 2 saturated heterocycles. The van der Waals surface area contributed by atoms with Crippen molar-refractivity contribution in [3.05, 3.63) is 71.9 Å². The molecule has 2 aliphatic rings. The van der Waals surface area contributed by atoms with Gasteiger partial charge < -0.3 is 29.8 Å². The summed E-state index contributed by atoms with van der Waals surface area (Å²) < 4.78 is 12.9. The predicted molar refractivity (Wildman–Crippen MR) is 213 cm³/mol. The van der Waals surface area contributed by atoms with E-state index < -0.39 is 42.0 Å². The first-order valence-electron chi connectivity index (χ1n) is 20.5. The molecule has 304 valence electrons. The molecule has 0 radical (unpaired) electrons. The molecule has 5 rings (SSSR count). The molecular formula is C44H60N4O8. The minimum absolute atomic E-state index is 0.0152. The lowest BCUT2D eigenvalue weighted by Gasteiger charge is -2.39. The number of benzene rings is 2. The molecule has 3 heterocycles. The van der Waals surface area contributed by atoms with Crippen LogP contribution in [0, 0.1) is 11.8 Å². The number of piperidine rings is 1. The van der Waals surface area contributed by atoms with Crippen LogP contribution in [0.2, 0.25) is 0 Å². The Kier molecular flexibility index (Phi) is 15.5. The lowest BCUT2D eigenvalue weighted by atomic mass is 9.87. The third kappa shape index (κ3) is 10.4. The van der Waals surface area contributed by atoms with E-state index in [4.69, 9.17) is 14.3 Å². The van der Waals surface area contributed by atoms with Crippen molar-refractivity contribution in [1.29, 1.82) is 0 Å². The maximum atomic E-state index is 14.3. The van der Waals surface area contributed by atoms with Crippen molar-refractivity contribution in [2.45, 2.75) is 128 Å². The van der Waals surface area contributed by atoms with E-state index in [1.165, 1.54) is 7.11 Å². The molecule has 56 heavy (non-hydrogen) atoms. The van der Waals surface area contributed by atoms with Crippen LogP contribution in [0.15, 0.2) is 60.8 Å². The van der Waals surface area contributed by atoms with E-state index in [1.807, 2.05) is 81.6 Å². The molecule has 1 unspecified atom stereocenters. The Balaban J connectivity index is 1.32. The van der Waals surface area contributed by atoms with E-state index in [0.717, 1.165) is 47.7 Å². The number of nitrogens with one attached hydrogen (secondary N) is 2. The molecule has 0 bridgehead atoms. The van der Waals surface area contributed by atoms with Crippen LogP contribution in [0.1, 0.15) is 109 Å². The summed E-state index contributed by atoms with van der Waals surface area (Å²) in [6, 6.07) is 14.5. The molecule has 0 aliphatic carbocycles. The van der Waals surface area contributed by atoms with E-state index in [0.29, 0.717) is 45.1 Å². The lowest BCUT2D eigenvalue weighted by Crippen LogP contribution is -2.61. The largest absolute Gasteiger partial charge is 0.460 e. The van der Waals surface area contributed by atoms with Crippen LogP contribution < -0.4 is 15.5 Å². The highest BCUT2D eigenvalue weighted by molar-refractivity contribution is 5.98. The first kappa shape index (κ1) is 42.4. The average Bonchev–Trinajstić information content (AvgIpc) is 3.58. The molecular weight excluding hydrogens is 713 g/mol. The SMILES string of the molecule is CCC(C)[C@@H]1NC(=O)[C@H](Cc2cn(OC)c3ccccc23)NC(=O)[C@H](CCCCC[C@@H](CC)OC(=O)[C@H](OC)c2ccccc2)CC(=O)[C@H]2CCCCN2C1=O. The number of hydrogen-bond acceptors (Lipinski definition) is 8. The number of fused-ring (bicyclic) bond motifs is 2. The molecule has 12 nitrogen and oxygen atoms in total. The summed E-state index contributed by atoms with van der Waals surface area (Å²) in [5, 5.41) is 6.94. The Morgan fingerprint density at radius 2 is 1.64 bits per heavy atom. The summed E-state index contributed by atoms with van der Waals surface area (Å²) in [5.41, 5.74) is 2.36. The zero-order valence-corrected chi connectivity index (χ0v) is 33.7. The fourth-order valence-corrected chi connectivity index (χ4v) is 8.11. The number of unbranched alkanes of at least 4 members (excludes halogenated alkanes) is 2. The van der Waals surface area contributed by atoms with Crippen molar-refractivity contribution in [2.24, 2.45) is 11.8 Å². The summed E-state index contributed by atoms with van der Waals surface area (Å²) in [6.45, 7) is 6.32. The third-order valence-electron chi connectivity index (χ3n) is 11.6. The van der Waals surface area contributed by atoms with Gasteiger partial charge in [-0.05, 0) is 68.1 Å². The van der Waals surface area contributed by atoms with E-state index in [1.54, 1.807) is 16.7 Å². The van der Waals surface area contributed by atoms with Gasteiger partial charge in [0.2, 0.25) is 17.7 Å². The molecule has 2 aromatic carbocycles. The normalized spacial score (nSPS) is 22.6. The summed E-state index contributed by atoms with van der Waals surface area (Å²) in [6.07, 6.45) is 7.55. The van der Waals surface area contributed by atoms with Crippen LogP contribution in [0.25, 0.3) is 10.9 Å². The van der Waals surface area contributed by atoms with Gasteiger partial charge in [-0.25, -0.2) is 4.79 Å². The van der Waals surface area contributed by atoms with Crippen LogP contribution in [0.5, 0.6) is 0 Å². The lowest BCUT2D eigenvalue weighted by molar-refractivity contribution is -0.162. The second-order valence-corrected chi connectivity index (χ2v) is 15.4. The number of methoxy groups -OCH3 is 1. The van der Waals surface area contributed by atoms with Gasteiger partial charge in [0.1, 0.15) is 25.3 Å². The van der Waals surface area contributed by atoms with Gasteiger partial charge in [0.25, 0.3) is 0 Å². The molecule has 0 saturated carbocycles. The zero-order chi connectivity index (χ0) is 40.2. The van der Waals surface area contributed by atoms with Crippen LogP contribution in [-0.4, -0.2) is 84.1 Å². The molecule has 12 heteroatoms. The van der Waals surface area contributed by atoms with Gasteiger partial charge in [-0.1, -0.05) is 88.6 Å². The fraction of sp³-hybridized carbons (Fsp3) is 0.568. The number of Topliss-reactive ketones (excluding diaryl/α,β-unsaturated/α-hetero) is 1. The van der Waals surface area contributed by atoms with Crippen LogP contribution in [-0.2, 0) is 39.9 Å². The Bertz CT molecular complexity index is 1790. The van der Waals surface area contributed by atoms with Gasteiger partial charge in [0.15, 0.2) is 11.9 Å². The highest BCUT2D eigenvalue weighted by Gasteiger charge is 2.41. The molecule has 0 spiro atoms. The van der Waals surface area contributed by atoms with Crippen molar-refractivity contribution in [3.63, 3.8) is 0 Å². The van der Waals surface area contributed by atoms with Crippen LogP contribution in [0.4, 0.5) is 0 Å². The highest BCUT2D eigenvalue weighted by atomic mass is 16.6.